The highest BCUT2D eigenvalue weighted by atomic mass is 127. The molecule has 0 bridgehead atoms. The number of aliphatic hydroxyl groups is 1. The van der Waals surface area contributed by atoms with Gasteiger partial charge in [-0.2, -0.15) is 0 Å². The molecule has 1 aromatic rings. The van der Waals surface area contributed by atoms with Crippen molar-refractivity contribution in [1.29, 1.82) is 0 Å². The molecule has 0 aliphatic heterocycles. The minimum absolute atomic E-state index is 0.417. The molecule has 7 heteroatoms. The van der Waals surface area contributed by atoms with Crippen LogP contribution in [0, 0.1) is 0 Å². The van der Waals surface area contributed by atoms with E-state index in [9.17, 15) is 13.5 Å². The van der Waals surface area contributed by atoms with Crippen LogP contribution in [0.5, 0.6) is 5.75 Å². The minimum Gasteiger partial charge on any atom is -0.497 e. The fourth-order valence-corrected chi connectivity index (χ4v) is 2.21. The van der Waals surface area contributed by atoms with Crippen molar-refractivity contribution in [3.8, 4) is 5.75 Å². The molecular weight excluding hydrogens is 379 g/mol. The predicted octanol–water partition coefficient (Wildman–Crippen LogP) is 2.10. The molecule has 4 nitrogen and oxygen atoms in total. The van der Waals surface area contributed by atoms with Gasteiger partial charge in [0.2, 0.25) is 2.21 Å². The highest BCUT2D eigenvalue weighted by molar-refractivity contribution is 14.1. The number of aliphatic hydroxyl groups excluding tert-OH is 1. The number of ether oxygens (including phenoxy) is 1. The third-order valence-corrected chi connectivity index (χ3v) is 7.49. The second kappa shape index (κ2) is 5.29. The summed E-state index contributed by atoms with van der Waals surface area (Å²) in [6, 6.07) is 6.41. The molecular formula is C10H12ClIO4S. The van der Waals surface area contributed by atoms with Gasteiger partial charge in [-0.05, 0) is 40.3 Å². The van der Waals surface area contributed by atoms with E-state index in [4.69, 9.17) is 16.3 Å². The lowest BCUT2D eigenvalue weighted by Crippen LogP contribution is -2.31. The van der Waals surface area contributed by atoms with E-state index in [0.29, 0.717) is 11.3 Å². The Morgan fingerprint density at radius 3 is 2.24 bits per heavy atom. The van der Waals surface area contributed by atoms with Gasteiger partial charge in [0, 0.05) is 6.26 Å². The summed E-state index contributed by atoms with van der Waals surface area (Å²) in [6.45, 7) is 0. The third-order valence-electron chi connectivity index (χ3n) is 2.24. The quantitative estimate of drug-likeness (QED) is 0.632. The predicted molar refractivity (Wildman–Crippen MR) is 75.4 cm³/mol. The monoisotopic (exact) mass is 390 g/mol. The zero-order chi connectivity index (χ0) is 13.3. The van der Waals surface area contributed by atoms with Gasteiger partial charge in [0.15, 0.2) is 9.84 Å². The van der Waals surface area contributed by atoms with Crippen LogP contribution < -0.4 is 4.74 Å². The lowest BCUT2D eigenvalue weighted by atomic mass is 10.1. The maximum atomic E-state index is 11.5. The molecule has 0 radical (unpaired) electrons. The van der Waals surface area contributed by atoms with Crippen LogP contribution in [-0.2, 0) is 9.84 Å². The van der Waals surface area contributed by atoms with Gasteiger partial charge in [-0.3, -0.25) is 0 Å². The molecule has 1 rings (SSSR count). The summed E-state index contributed by atoms with van der Waals surface area (Å²) in [5, 5.41) is 9.99. The van der Waals surface area contributed by atoms with Crippen LogP contribution in [-0.4, -0.2) is 29.1 Å². The largest absolute Gasteiger partial charge is 0.497 e. The van der Waals surface area contributed by atoms with Crippen molar-refractivity contribution in [1.82, 2.24) is 0 Å². The number of methoxy groups -OCH3 is 1. The van der Waals surface area contributed by atoms with Gasteiger partial charge in [-0.25, -0.2) is 8.42 Å². The molecule has 2 atom stereocenters. The number of benzene rings is 1. The topological polar surface area (TPSA) is 63.6 Å². The molecule has 1 N–H and O–H groups in total. The van der Waals surface area contributed by atoms with Crippen molar-refractivity contribution in [2.24, 2.45) is 0 Å². The van der Waals surface area contributed by atoms with Gasteiger partial charge < -0.3 is 9.84 Å². The second-order valence-corrected chi connectivity index (χ2v) is 9.59. The van der Waals surface area contributed by atoms with E-state index < -0.39 is 18.2 Å². The number of halogens is 2. The SMILES string of the molecule is COc1ccc([C@H](O)[C@](Cl)(I)S(C)(=O)=O)cc1. The molecule has 0 amide bonds. The maximum absolute atomic E-state index is 11.5. The summed E-state index contributed by atoms with van der Waals surface area (Å²) in [5.74, 6) is 0.619. The fraction of sp³-hybridized carbons (Fsp3) is 0.400. The number of rotatable bonds is 4. The summed E-state index contributed by atoms with van der Waals surface area (Å²) in [5.41, 5.74) is 0.417. The molecule has 0 aromatic heterocycles. The fourth-order valence-electron chi connectivity index (χ4n) is 1.18. The maximum Gasteiger partial charge on any atom is 0.224 e. The van der Waals surface area contributed by atoms with Crippen molar-refractivity contribution in [3.05, 3.63) is 29.8 Å². The summed E-state index contributed by atoms with van der Waals surface area (Å²) >= 11 is 7.41. The molecule has 1 aromatic carbocycles. The molecule has 96 valence electrons. The number of alkyl halides is 2. The van der Waals surface area contributed by atoms with E-state index in [1.54, 1.807) is 24.3 Å². The molecule has 0 saturated carbocycles. The van der Waals surface area contributed by atoms with Crippen molar-refractivity contribution >= 4 is 44.0 Å². The highest BCUT2D eigenvalue weighted by Crippen LogP contribution is 2.42. The lowest BCUT2D eigenvalue weighted by Gasteiger charge is -2.24. The summed E-state index contributed by atoms with van der Waals surface area (Å²) in [4.78, 5) is 0. The zero-order valence-electron chi connectivity index (χ0n) is 9.22. The Labute approximate surface area is 119 Å². The van der Waals surface area contributed by atoms with Crippen LogP contribution in [0.15, 0.2) is 24.3 Å². The summed E-state index contributed by atoms with van der Waals surface area (Å²) in [7, 11) is -2.07. The molecule has 0 aliphatic carbocycles. The Morgan fingerprint density at radius 2 is 1.88 bits per heavy atom. The second-order valence-electron chi connectivity index (χ2n) is 3.51. The van der Waals surface area contributed by atoms with Crippen LogP contribution in [0.4, 0.5) is 0 Å². The molecule has 0 fully saturated rings. The average Bonchev–Trinajstić information content (AvgIpc) is 2.26. The Hall–Kier alpha value is -0.0500. The first-order chi connectivity index (χ1) is 7.70. The van der Waals surface area contributed by atoms with Crippen LogP contribution in [0.3, 0.4) is 0 Å². The van der Waals surface area contributed by atoms with Crippen LogP contribution >= 0.6 is 34.2 Å². The van der Waals surface area contributed by atoms with Crippen molar-refractivity contribution in [2.45, 2.75) is 8.32 Å². The normalized spacial score (nSPS) is 17.2. The zero-order valence-corrected chi connectivity index (χ0v) is 13.0. The van der Waals surface area contributed by atoms with E-state index in [-0.39, 0.29) is 0 Å². The van der Waals surface area contributed by atoms with Crippen LogP contribution in [0.2, 0.25) is 0 Å². The van der Waals surface area contributed by atoms with Crippen LogP contribution in [0.25, 0.3) is 0 Å². The molecule has 0 aliphatic rings. The summed E-state index contributed by atoms with van der Waals surface area (Å²) in [6.07, 6.45) is -0.329. The summed E-state index contributed by atoms with van der Waals surface area (Å²) < 4.78 is 26.1. The first kappa shape index (κ1) is 15.0. The molecule has 0 heterocycles. The third kappa shape index (κ3) is 3.24. The highest BCUT2D eigenvalue weighted by Gasteiger charge is 2.44. The number of sulfone groups is 1. The Balaban J connectivity index is 3.08. The lowest BCUT2D eigenvalue weighted by molar-refractivity contribution is 0.187. The van der Waals surface area contributed by atoms with Gasteiger partial charge in [-0.15, -0.1) is 0 Å². The van der Waals surface area contributed by atoms with E-state index in [2.05, 4.69) is 0 Å². The Bertz CT molecular complexity index is 484. The molecule has 0 saturated heterocycles. The van der Waals surface area contributed by atoms with E-state index in [1.807, 2.05) is 0 Å². The Morgan fingerprint density at radius 1 is 1.41 bits per heavy atom. The van der Waals surface area contributed by atoms with Crippen molar-refractivity contribution in [2.75, 3.05) is 13.4 Å². The van der Waals surface area contributed by atoms with Gasteiger partial charge in [-0.1, -0.05) is 23.7 Å². The van der Waals surface area contributed by atoms with E-state index >= 15 is 0 Å². The van der Waals surface area contributed by atoms with E-state index in [1.165, 1.54) is 29.7 Å². The average molecular weight is 391 g/mol. The number of hydrogen-bond donors (Lipinski definition) is 1. The van der Waals surface area contributed by atoms with Gasteiger partial charge in [0.1, 0.15) is 11.9 Å². The van der Waals surface area contributed by atoms with Crippen LogP contribution in [0.1, 0.15) is 11.7 Å². The van der Waals surface area contributed by atoms with Crippen molar-refractivity contribution < 1.29 is 18.3 Å². The van der Waals surface area contributed by atoms with Gasteiger partial charge in [0.05, 0.1) is 7.11 Å². The first-order valence-corrected chi connectivity index (χ1v) is 7.94. The molecule has 0 spiro atoms. The van der Waals surface area contributed by atoms with Gasteiger partial charge in [0.25, 0.3) is 0 Å². The molecule has 17 heavy (non-hydrogen) atoms. The minimum atomic E-state index is -3.59. The number of hydrogen-bond acceptors (Lipinski definition) is 4. The van der Waals surface area contributed by atoms with Crippen molar-refractivity contribution in [3.63, 3.8) is 0 Å². The first-order valence-electron chi connectivity index (χ1n) is 4.59. The van der Waals surface area contributed by atoms with Gasteiger partial charge >= 0.3 is 0 Å². The smallest absolute Gasteiger partial charge is 0.224 e. The standard InChI is InChI=1S/C10H12ClIO4S/c1-16-8-5-3-7(4-6-8)9(13)10(11,12)17(2,14)15/h3-6,9,13H,1-2H3/t9-,10-/m0/s1. The Kier molecular flexibility index (Phi) is 4.67. The van der Waals surface area contributed by atoms with E-state index in [0.717, 1.165) is 6.26 Å². The molecule has 0 unspecified atom stereocenters.